The summed E-state index contributed by atoms with van der Waals surface area (Å²) in [5, 5.41) is 8.22. The SMILES string of the molecule is Cl.Cl.NC1CCN([C@H](c2ccc3nnc(-c4ccc5cccc(C(F)(F)F)c5n4)n3c2)C(F)(F)F)C1. The zero-order valence-corrected chi connectivity index (χ0v) is 19.9. The van der Waals surface area contributed by atoms with Crippen molar-refractivity contribution in [3.05, 3.63) is 59.8 Å². The number of para-hydroxylation sites is 1. The second kappa shape index (κ2) is 10.0. The monoisotopic (exact) mass is 552 g/mol. The summed E-state index contributed by atoms with van der Waals surface area (Å²) in [5.74, 6) is 0.0368. The van der Waals surface area contributed by atoms with Gasteiger partial charge in [-0.1, -0.05) is 24.3 Å². The molecule has 1 aliphatic heterocycles. The Hall–Kier alpha value is -2.67. The number of benzene rings is 1. The maximum Gasteiger partial charge on any atom is 0.418 e. The van der Waals surface area contributed by atoms with Crippen LogP contribution in [0, 0.1) is 0 Å². The summed E-state index contributed by atoms with van der Waals surface area (Å²) in [6, 6.07) is 7.12. The number of hydrogen-bond donors (Lipinski definition) is 1. The molecule has 3 aromatic heterocycles. The van der Waals surface area contributed by atoms with Gasteiger partial charge in [0.05, 0.1) is 11.1 Å². The minimum Gasteiger partial charge on any atom is -0.326 e. The first-order chi connectivity index (χ1) is 16.0. The van der Waals surface area contributed by atoms with Crippen molar-refractivity contribution < 1.29 is 26.3 Å². The molecule has 1 saturated heterocycles. The molecule has 6 nitrogen and oxygen atoms in total. The van der Waals surface area contributed by atoms with Crippen LogP contribution in [0.25, 0.3) is 28.1 Å². The minimum absolute atomic E-state index is 0. The zero-order chi connectivity index (χ0) is 24.3. The predicted molar refractivity (Wildman–Crippen MR) is 126 cm³/mol. The lowest BCUT2D eigenvalue weighted by Gasteiger charge is -2.30. The summed E-state index contributed by atoms with van der Waals surface area (Å²) in [6.07, 6.45) is -7.47. The van der Waals surface area contributed by atoms with E-state index in [4.69, 9.17) is 5.73 Å². The van der Waals surface area contributed by atoms with Crippen LogP contribution in [-0.2, 0) is 6.18 Å². The van der Waals surface area contributed by atoms with Gasteiger partial charge in [0.2, 0.25) is 0 Å². The second-order valence-electron chi connectivity index (χ2n) is 8.27. The van der Waals surface area contributed by atoms with Crippen LogP contribution in [0.15, 0.2) is 48.7 Å². The molecule has 0 saturated carbocycles. The molecule has 1 aliphatic rings. The van der Waals surface area contributed by atoms with Crippen LogP contribution in [0.1, 0.15) is 23.6 Å². The number of hydrogen-bond acceptors (Lipinski definition) is 5. The second-order valence-corrected chi connectivity index (χ2v) is 8.27. The topological polar surface area (TPSA) is 72.3 Å². The number of rotatable bonds is 3. The Morgan fingerprint density at radius 3 is 2.33 bits per heavy atom. The van der Waals surface area contributed by atoms with E-state index in [1.807, 2.05) is 0 Å². The van der Waals surface area contributed by atoms with E-state index in [2.05, 4.69) is 15.2 Å². The van der Waals surface area contributed by atoms with Crippen molar-refractivity contribution in [3.8, 4) is 11.5 Å². The molecule has 0 bridgehead atoms. The maximum atomic E-state index is 14.0. The van der Waals surface area contributed by atoms with E-state index in [0.29, 0.717) is 6.42 Å². The van der Waals surface area contributed by atoms with E-state index in [-0.39, 0.29) is 77.6 Å². The van der Waals surface area contributed by atoms with Gasteiger partial charge in [0.25, 0.3) is 0 Å². The van der Waals surface area contributed by atoms with Crippen LogP contribution in [0.5, 0.6) is 0 Å². The van der Waals surface area contributed by atoms with Crippen LogP contribution in [-0.4, -0.2) is 49.8 Å². The number of likely N-dealkylation sites (tertiary alicyclic amines) is 1. The molecule has 1 aromatic carbocycles. The van der Waals surface area contributed by atoms with Crippen molar-refractivity contribution in [1.29, 1.82) is 0 Å². The summed E-state index contributed by atoms with van der Waals surface area (Å²) < 4.78 is 83.8. The smallest absolute Gasteiger partial charge is 0.326 e. The molecule has 0 spiro atoms. The van der Waals surface area contributed by atoms with Crippen molar-refractivity contribution in [2.24, 2.45) is 5.73 Å². The Balaban J connectivity index is 0.00000180. The molecule has 4 heterocycles. The molecule has 4 aromatic rings. The third-order valence-electron chi connectivity index (χ3n) is 5.93. The molecule has 36 heavy (non-hydrogen) atoms. The highest BCUT2D eigenvalue weighted by atomic mass is 35.5. The molecular formula is C22H20Cl2F6N6. The Morgan fingerprint density at radius 1 is 0.944 bits per heavy atom. The van der Waals surface area contributed by atoms with E-state index in [9.17, 15) is 26.3 Å². The Bertz CT molecular complexity index is 1370. The van der Waals surface area contributed by atoms with Crippen LogP contribution >= 0.6 is 24.8 Å². The number of halogens is 8. The average Bonchev–Trinajstić information content (AvgIpc) is 3.37. The van der Waals surface area contributed by atoms with Gasteiger partial charge in [0.1, 0.15) is 11.7 Å². The van der Waals surface area contributed by atoms with Gasteiger partial charge in [0, 0.05) is 30.7 Å². The molecule has 0 amide bonds. The average molecular weight is 553 g/mol. The number of fused-ring (bicyclic) bond motifs is 2. The molecule has 2 N–H and O–H groups in total. The fraction of sp³-hybridized carbons (Fsp3) is 0.318. The molecule has 1 unspecified atom stereocenters. The van der Waals surface area contributed by atoms with Crippen molar-refractivity contribution in [2.45, 2.75) is 30.9 Å². The van der Waals surface area contributed by atoms with Crippen LogP contribution in [0.3, 0.4) is 0 Å². The zero-order valence-electron chi connectivity index (χ0n) is 18.3. The molecular weight excluding hydrogens is 533 g/mol. The van der Waals surface area contributed by atoms with E-state index in [1.54, 1.807) is 0 Å². The van der Waals surface area contributed by atoms with Gasteiger partial charge >= 0.3 is 12.4 Å². The molecule has 1 fully saturated rings. The Kier molecular flexibility index (Phi) is 7.75. The Labute approximate surface area is 213 Å². The van der Waals surface area contributed by atoms with Gasteiger partial charge in [-0.2, -0.15) is 26.3 Å². The van der Waals surface area contributed by atoms with Gasteiger partial charge < -0.3 is 5.73 Å². The number of alkyl halides is 6. The van der Waals surface area contributed by atoms with Crippen LogP contribution in [0.4, 0.5) is 26.3 Å². The Morgan fingerprint density at radius 2 is 1.69 bits per heavy atom. The van der Waals surface area contributed by atoms with E-state index in [1.165, 1.54) is 51.9 Å². The lowest BCUT2D eigenvalue weighted by Crippen LogP contribution is -2.38. The number of pyridine rings is 2. The van der Waals surface area contributed by atoms with Crippen molar-refractivity contribution in [1.82, 2.24) is 24.5 Å². The first-order valence-electron chi connectivity index (χ1n) is 10.4. The number of nitrogens with two attached hydrogens (primary N) is 1. The molecule has 194 valence electrons. The molecule has 5 rings (SSSR count). The van der Waals surface area contributed by atoms with Crippen LogP contribution < -0.4 is 5.73 Å². The van der Waals surface area contributed by atoms with Gasteiger partial charge in [-0.25, -0.2) is 4.98 Å². The number of nitrogens with zero attached hydrogens (tertiary/aromatic N) is 5. The lowest BCUT2D eigenvalue weighted by molar-refractivity contribution is -0.183. The van der Waals surface area contributed by atoms with E-state index >= 15 is 0 Å². The summed E-state index contributed by atoms with van der Waals surface area (Å²) in [5.41, 5.74) is 4.88. The quantitative estimate of drug-likeness (QED) is 0.342. The summed E-state index contributed by atoms with van der Waals surface area (Å²) in [4.78, 5) is 5.43. The first-order valence-corrected chi connectivity index (χ1v) is 10.4. The predicted octanol–water partition coefficient (Wildman–Crippen LogP) is 5.44. The standard InChI is InChI=1S/C22H18F6N6.2ClH/c23-21(24,25)15-3-1-2-12-4-6-16(30-18(12)15)20-32-31-17-7-5-13(10-34(17)20)19(22(26,27)28)33-9-8-14(29)11-33;;/h1-7,10,14,19H,8-9,11,29H2;2*1H/t14?,19-;;/m1../s1. The molecule has 2 atom stereocenters. The highest BCUT2D eigenvalue weighted by Gasteiger charge is 2.46. The summed E-state index contributed by atoms with van der Waals surface area (Å²) in [7, 11) is 0. The third-order valence-corrected chi connectivity index (χ3v) is 5.93. The highest BCUT2D eigenvalue weighted by molar-refractivity contribution is 5.86. The highest BCUT2D eigenvalue weighted by Crippen LogP contribution is 2.40. The molecule has 0 radical (unpaired) electrons. The lowest BCUT2D eigenvalue weighted by atomic mass is 10.1. The van der Waals surface area contributed by atoms with Crippen molar-refractivity contribution >= 4 is 41.4 Å². The van der Waals surface area contributed by atoms with Gasteiger partial charge in [-0.15, -0.1) is 35.0 Å². The van der Waals surface area contributed by atoms with Gasteiger partial charge in [-0.3, -0.25) is 9.30 Å². The van der Waals surface area contributed by atoms with Crippen LogP contribution in [0.2, 0.25) is 0 Å². The summed E-state index contributed by atoms with van der Waals surface area (Å²) in [6.45, 7) is 0.300. The fourth-order valence-corrected chi connectivity index (χ4v) is 4.40. The number of aromatic nitrogens is 4. The normalized spacial score (nSPS) is 17.7. The summed E-state index contributed by atoms with van der Waals surface area (Å²) >= 11 is 0. The van der Waals surface area contributed by atoms with E-state index < -0.39 is 24.0 Å². The van der Waals surface area contributed by atoms with Crippen molar-refractivity contribution in [3.63, 3.8) is 0 Å². The molecule has 0 aliphatic carbocycles. The molecule has 14 heteroatoms. The largest absolute Gasteiger partial charge is 0.418 e. The fourth-order valence-electron chi connectivity index (χ4n) is 4.40. The van der Waals surface area contributed by atoms with E-state index in [0.717, 1.165) is 6.07 Å². The third kappa shape index (κ3) is 5.08. The first kappa shape index (κ1) is 27.9. The minimum atomic E-state index is -4.62. The maximum absolute atomic E-state index is 14.0. The van der Waals surface area contributed by atoms with Gasteiger partial charge in [0.15, 0.2) is 11.5 Å². The van der Waals surface area contributed by atoms with Gasteiger partial charge in [-0.05, 0) is 30.2 Å². The van der Waals surface area contributed by atoms with Crippen molar-refractivity contribution in [2.75, 3.05) is 13.1 Å².